The van der Waals surface area contributed by atoms with Crippen LogP contribution in [0.15, 0.2) is 22.8 Å². The van der Waals surface area contributed by atoms with Gasteiger partial charge in [-0.3, -0.25) is 4.79 Å². The number of aliphatic hydroxyl groups excluding tert-OH is 1. The summed E-state index contributed by atoms with van der Waals surface area (Å²) in [4.78, 5) is 14.1. The molecule has 0 aromatic carbocycles. The smallest absolute Gasteiger partial charge is 0.239 e. The standard InChI is InChI=1S/C14H22N2O3/c1-11(14(18)16-7-3-2-4-8-16)15-10-12(17)13-6-5-9-19-13/h5-6,9,11-12,15,17H,2-4,7-8,10H2,1H3. The molecule has 1 aliphatic heterocycles. The molecule has 1 aliphatic rings. The fraction of sp³-hybridized carbons (Fsp3) is 0.643. The Bertz CT molecular complexity index is 385. The second-order valence-electron chi connectivity index (χ2n) is 5.05. The van der Waals surface area contributed by atoms with E-state index in [4.69, 9.17) is 4.42 Å². The highest BCUT2D eigenvalue weighted by Gasteiger charge is 2.22. The minimum Gasteiger partial charge on any atom is -0.467 e. The first-order valence-electron chi connectivity index (χ1n) is 6.92. The lowest BCUT2D eigenvalue weighted by Gasteiger charge is -2.29. The third-order valence-electron chi connectivity index (χ3n) is 3.53. The molecule has 1 saturated heterocycles. The second-order valence-corrected chi connectivity index (χ2v) is 5.05. The molecule has 0 aliphatic carbocycles. The topological polar surface area (TPSA) is 65.7 Å². The van der Waals surface area contributed by atoms with E-state index in [0.717, 1.165) is 25.9 Å². The summed E-state index contributed by atoms with van der Waals surface area (Å²) in [6, 6.07) is 3.19. The van der Waals surface area contributed by atoms with Crippen molar-refractivity contribution in [1.29, 1.82) is 0 Å². The highest BCUT2D eigenvalue weighted by molar-refractivity contribution is 5.81. The maximum Gasteiger partial charge on any atom is 0.239 e. The van der Waals surface area contributed by atoms with E-state index in [1.54, 1.807) is 12.1 Å². The van der Waals surface area contributed by atoms with Crippen LogP contribution in [-0.4, -0.2) is 41.6 Å². The van der Waals surface area contributed by atoms with Crippen LogP contribution in [-0.2, 0) is 4.79 Å². The molecular weight excluding hydrogens is 244 g/mol. The van der Waals surface area contributed by atoms with Crippen LogP contribution < -0.4 is 5.32 Å². The van der Waals surface area contributed by atoms with Gasteiger partial charge in [0.25, 0.3) is 0 Å². The van der Waals surface area contributed by atoms with Crippen LogP contribution >= 0.6 is 0 Å². The number of hydrogen-bond acceptors (Lipinski definition) is 4. The number of amides is 1. The van der Waals surface area contributed by atoms with E-state index >= 15 is 0 Å². The number of carbonyl (C=O) groups excluding carboxylic acids is 1. The van der Waals surface area contributed by atoms with E-state index < -0.39 is 6.10 Å². The Labute approximate surface area is 113 Å². The van der Waals surface area contributed by atoms with Crippen LogP contribution in [0.1, 0.15) is 38.1 Å². The molecule has 0 radical (unpaired) electrons. The highest BCUT2D eigenvalue weighted by atomic mass is 16.4. The van der Waals surface area contributed by atoms with E-state index in [1.165, 1.54) is 12.7 Å². The number of rotatable bonds is 5. The van der Waals surface area contributed by atoms with E-state index in [1.807, 2.05) is 11.8 Å². The fourth-order valence-electron chi connectivity index (χ4n) is 2.35. The van der Waals surface area contributed by atoms with Gasteiger partial charge in [-0.25, -0.2) is 0 Å². The zero-order valence-corrected chi connectivity index (χ0v) is 11.3. The van der Waals surface area contributed by atoms with Crippen molar-refractivity contribution in [3.8, 4) is 0 Å². The molecule has 1 fully saturated rings. The van der Waals surface area contributed by atoms with Crippen LogP contribution in [0.4, 0.5) is 0 Å². The Morgan fingerprint density at radius 3 is 2.84 bits per heavy atom. The molecule has 0 spiro atoms. The molecule has 19 heavy (non-hydrogen) atoms. The van der Waals surface area contributed by atoms with Crippen LogP contribution in [0, 0.1) is 0 Å². The maximum atomic E-state index is 12.2. The zero-order valence-electron chi connectivity index (χ0n) is 11.3. The van der Waals surface area contributed by atoms with E-state index in [0.29, 0.717) is 12.3 Å². The average Bonchev–Trinajstić information content (AvgIpc) is 2.98. The molecule has 0 saturated carbocycles. The van der Waals surface area contributed by atoms with Crippen molar-refractivity contribution >= 4 is 5.91 Å². The lowest BCUT2D eigenvalue weighted by Crippen LogP contribution is -2.47. The first-order valence-corrected chi connectivity index (χ1v) is 6.92. The summed E-state index contributed by atoms with van der Waals surface area (Å²) in [6.07, 6.45) is 4.21. The molecule has 106 valence electrons. The molecule has 5 heteroatoms. The Morgan fingerprint density at radius 2 is 2.21 bits per heavy atom. The molecular formula is C14H22N2O3. The molecule has 2 unspecified atom stereocenters. The summed E-state index contributed by atoms with van der Waals surface area (Å²) in [5, 5.41) is 12.9. The molecule has 2 rings (SSSR count). The minimum absolute atomic E-state index is 0.117. The molecule has 1 aromatic heterocycles. The fourth-order valence-corrected chi connectivity index (χ4v) is 2.35. The van der Waals surface area contributed by atoms with Gasteiger partial charge in [-0.05, 0) is 38.3 Å². The summed E-state index contributed by atoms with van der Waals surface area (Å²) in [6.45, 7) is 3.86. The van der Waals surface area contributed by atoms with Gasteiger partial charge in [-0.15, -0.1) is 0 Å². The van der Waals surface area contributed by atoms with Gasteiger partial charge in [-0.1, -0.05) is 0 Å². The quantitative estimate of drug-likeness (QED) is 0.843. The van der Waals surface area contributed by atoms with Gasteiger partial charge < -0.3 is 19.7 Å². The number of aliphatic hydroxyl groups is 1. The number of furan rings is 1. The van der Waals surface area contributed by atoms with E-state index in [-0.39, 0.29) is 11.9 Å². The number of carbonyl (C=O) groups is 1. The summed E-state index contributed by atoms with van der Waals surface area (Å²) in [5.41, 5.74) is 0. The van der Waals surface area contributed by atoms with Gasteiger partial charge in [0.2, 0.25) is 5.91 Å². The maximum absolute atomic E-state index is 12.2. The number of nitrogens with zero attached hydrogens (tertiary/aromatic N) is 1. The minimum atomic E-state index is -0.716. The largest absolute Gasteiger partial charge is 0.467 e. The van der Waals surface area contributed by atoms with Crippen molar-refractivity contribution in [3.63, 3.8) is 0 Å². The average molecular weight is 266 g/mol. The Hall–Kier alpha value is -1.33. The third kappa shape index (κ3) is 3.81. The SMILES string of the molecule is CC(NCC(O)c1ccco1)C(=O)N1CCCCC1. The van der Waals surface area contributed by atoms with Gasteiger partial charge >= 0.3 is 0 Å². The summed E-state index contributed by atoms with van der Waals surface area (Å²) in [5.74, 6) is 0.636. The van der Waals surface area contributed by atoms with Gasteiger partial charge in [0.15, 0.2) is 0 Å². The van der Waals surface area contributed by atoms with Gasteiger partial charge in [-0.2, -0.15) is 0 Å². The normalized spacial score (nSPS) is 19.2. The lowest BCUT2D eigenvalue weighted by molar-refractivity contribution is -0.134. The summed E-state index contributed by atoms with van der Waals surface area (Å²) in [7, 11) is 0. The molecule has 2 N–H and O–H groups in total. The van der Waals surface area contributed by atoms with Gasteiger partial charge in [0.1, 0.15) is 11.9 Å². The second kappa shape index (κ2) is 6.73. The Balaban J connectivity index is 1.77. The zero-order chi connectivity index (χ0) is 13.7. The Morgan fingerprint density at radius 1 is 1.47 bits per heavy atom. The predicted octanol–water partition coefficient (Wildman–Crippen LogP) is 1.30. The number of nitrogens with one attached hydrogen (secondary N) is 1. The van der Waals surface area contributed by atoms with Crippen molar-refractivity contribution in [1.82, 2.24) is 10.2 Å². The van der Waals surface area contributed by atoms with E-state index in [2.05, 4.69) is 5.32 Å². The summed E-state index contributed by atoms with van der Waals surface area (Å²) >= 11 is 0. The third-order valence-corrected chi connectivity index (χ3v) is 3.53. The van der Waals surface area contributed by atoms with Crippen LogP contribution in [0.2, 0.25) is 0 Å². The van der Waals surface area contributed by atoms with Crippen molar-refractivity contribution in [2.45, 2.75) is 38.3 Å². The van der Waals surface area contributed by atoms with Crippen molar-refractivity contribution in [3.05, 3.63) is 24.2 Å². The molecule has 2 heterocycles. The van der Waals surface area contributed by atoms with Crippen LogP contribution in [0.5, 0.6) is 0 Å². The van der Waals surface area contributed by atoms with Gasteiger partial charge in [0.05, 0.1) is 12.3 Å². The van der Waals surface area contributed by atoms with Crippen molar-refractivity contribution in [2.75, 3.05) is 19.6 Å². The van der Waals surface area contributed by atoms with Crippen LogP contribution in [0.3, 0.4) is 0 Å². The molecule has 0 bridgehead atoms. The first kappa shape index (κ1) is 14.1. The molecule has 5 nitrogen and oxygen atoms in total. The Kier molecular flexibility index (Phi) is 4.99. The number of hydrogen-bond donors (Lipinski definition) is 2. The van der Waals surface area contributed by atoms with Crippen LogP contribution in [0.25, 0.3) is 0 Å². The number of likely N-dealkylation sites (tertiary alicyclic amines) is 1. The molecule has 2 atom stereocenters. The predicted molar refractivity (Wildman–Crippen MR) is 71.6 cm³/mol. The lowest BCUT2D eigenvalue weighted by atomic mass is 10.1. The number of piperidine rings is 1. The first-order chi connectivity index (χ1) is 9.18. The van der Waals surface area contributed by atoms with Crippen molar-refractivity contribution in [2.24, 2.45) is 0 Å². The molecule has 1 aromatic rings. The highest BCUT2D eigenvalue weighted by Crippen LogP contribution is 2.13. The monoisotopic (exact) mass is 266 g/mol. The molecule has 1 amide bonds. The van der Waals surface area contributed by atoms with E-state index in [9.17, 15) is 9.90 Å². The summed E-state index contributed by atoms with van der Waals surface area (Å²) < 4.78 is 5.12. The van der Waals surface area contributed by atoms with Gasteiger partial charge in [0, 0.05) is 19.6 Å². The van der Waals surface area contributed by atoms with Crippen molar-refractivity contribution < 1.29 is 14.3 Å².